The molecule has 3 rings (SSSR count). The van der Waals surface area contributed by atoms with E-state index in [4.69, 9.17) is 5.11 Å². The standard InChI is InChI=1S/C26H29N3O3/c1-17-16-22(12-13-27-17)24-7-5-6-23(18(24)2)19(3)25(28-32)20-8-10-21(11-9-20)26(31)29(4)14-15-30/h5-13,16,19,30,32H,14-15H2,1-4H3/b28-25+/t19-/m1/s1. The molecule has 32 heavy (non-hydrogen) atoms. The van der Waals surface area contributed by atoms with Gasteiger partial charge in [-0.25, -0.2) is 0 Å². The smallest absolute Gasteiger partial charge is 0.253 e. The van der Waals surface area contributed by atoms with Gasteiger partial charge in [0, 0.05) is 37.0 Å². The molecule has 2 N–H and O–H groups in total. The number of aliphatic hydroxyl groups excluding tert-OH is 1. The van der Waals surface area contributed by atoms with Crippen molar-refractivity contribution in [2.75, 3.05) is 20.2 Å². The number of hydrogen-bond acceptors (Lipinski definition) is 5. The summed E-state index contributed by atoms with van der Waals surface area (Å²) in [5.41, 5.74) is 7.13. The fourth-order valence-corrected chi connectivity index (χ4v) is 3.95. The Labute approximate surface area is 188 Å². The van der Waals surface area contributed by atoms with Crippen LogP contribution in [-0.2, 0) is 0 Å². The molecule has 0 saturated carbocycles. The van der Waals surface area contributed by atoms with Gasteiger partial charge in [-0.05, 0) is 65.9 Å². The number of pyridine rings is 1. The Morgan fingerprint density at radius 2 is 1.78 bits per heavy atom. The number of aryl methyl sites for hydroxylation is 1. The molecule has 3 aromatic rings. The summed E-state index contributed by atoms with van der Waals surface area (Å²) >= 11 is 0. The van der Waals surface area contributed by atoms with Gasteiger partial charge < -0.3 is 15.2 Å². The maximum absolute atomic E-state index is 12.4. The van der Waals surface area contributed by atoms with Crippen LogP contribution in [0.5, 0.6) is 0 Å². The number of nitrogens with zero attached hydrogens (tertiary/aromatic N) is 3. The first kappa shape index (κ1) is 23.2. The van der Waals surface area contributed by atoms with Crippen molar-refractivity contribution in [3.63, 3.8) is 0 Å². The average molecular weight is 432 g/mol. The number of aromatic nitrogens is 1. The molecular formula is C26H29N3O3. The van der Waals surface area contributed by atoms with Gasteiger partial charge in [0.05, 0.1) is 12.3 Å². The predicted octanol–water partition coefficient (Wildman–Crippen LogP) is 4.41. The Kier molecular flexibility index (Phi) is 7.38. The zero-order valence-corrected chi connectivity index (χ0v) is 18.9. The zero-order valence-electron chi connectivity index (χ0n) is 18.9. The van der Waals surface area contributed by atoms with Gasteiger partial charge in [0.2, 0.25) is 0 Å². The SMILES string of the molecule is Cc1cc(-c2cccc([C@@H](C)/C(=N\O)c3ccc(C(=O)N(C)CCO)cc3)c2C)ccn1. The van der Waals surface area contributed by atoms with Gasteiger partial charge in [0.1, 0.15) is 0 Å². The minimum absolute atomic E-state index is 0.0867. The van der Waals surface area contributed by atoms with E-state index in [2.05, 4.69) is 29.2 Å². The summed E-state index contributed by atoms with van der Waals surface area (Å²) in [4.78, 5) is 18.2. The molecule has 0 aliphatic rings. The lowest BCUT2D eigenvalue weighted by Crippen LogP contribution is -2.29. The van der Waals surface area contributed by atoms with E-state index in [1.54, 1.807) is 31.3 Å². The number of aliphatic hydroxyl groups is 1. The largest absolute Gasteiger partial charge is 0.411 e. The van der Waals surface area contributed by atoms with E-state index in [9.17, 15) is 10.0 Å². The quantitative estimate of drug-likeness (QED) is 0.330. The van der Waals surface area contributed by atoms with Crippen molar-refractivity contribution in [3.8, 4) is 11.1 Å². The lowest BCUT2D eigenvalue weighted by atomic mass is 9.85. The summed E-state index contributed by atoms with van der Waals surface area (Å²) < 4.78 is 0. The molecule has 1 atom stereocenters. The second-order valence-electron chi connectivity index (χ2n) is 7.94. The monoisotopic (exact) mass is 431 g/mol. The number of oxime groups is 1. The molecule has 0 saturated heterocycles. The highest BCUT2D eigenvalue weighted by Crippen LogP contribution is 2.31. The van der Waals surface area contributed by atoms with E-state index >= 15 is 0 Å². The lowest BCUT2D eigenvalue weighted by Gasteiger charge is -2.20. The molecule has 1 heterocycles. The molecule has 166 valence electrons. The Morgan fingerprint density at radius 1 is 1.09 bits per heavy atom. The van der Waals surface area contributed by atoms with E-state index in [0.29, 0.717) is 11.3 Å². The maximum atomic E-state index is 12.4. The van der Waals surface area contributed by atoms with E-state index in [0.717, 1.165) is 33.5 Å². The van der Waals surface area contributed by atoms with Crippen molar-refractivity contribution < 1.29 is 15.1 Å². The number of carbonyl (C=O) groups excluding carboxylic acids is 1. The van der Waals surface area contributed by atoms with Gasteiger partial charge in [-0.15, -0.1) is 0 Å². The van der Waals surface area contributed by atoms with Crippen molar-refractivity contribution in [3.05, 3.63) is 88.7 Å². The van der Waals surface area contributed by atoms with Gasteiger partial charge in [-0.2, -0.15) is 0 Å². The van der Waals surface area contributed by atoms with E-state index in [1.165, 1.54) is 4.90 Å². The van der Waals surface area contributed by atoms with Crippen molar-refractivity contribution >= 4 is 11.6 Å². The molecule has 0 aliphatic heterocycles. The van der Waals surface area contributed by atoms with Gasteiger partial charge in [-0.1, -0.05) is 42.4 Å². The highest BCUT2D eigenvalue weighted by Gasteiger charge is 2.20. The van der Waals surface area contributed by atoms with E-state index in [1.807, 2.05) is 38.2 Å². The van der Waals surface area contributed by atoms with Crippen LogP contribution in [0.4, 0.5) is 0 Å². The first-order valence-corrected chi connectivity index (χ1v) is 10.6. The van der Waals surface area contributed by atoms with Crippen molar-refractivity contribution in [1.29, 1.82) is 0 Å². The topological polar surface area (TPSA) is 86.0 Å². The number of carbonyl (C=O) groups is 1. The fraction of sp³-hybridized carbons (Fsp3) is 0.269. The first-order chi connectivity index (χ1) is 15.4. The van der Waals surface area contributed by atoms with Crippen LogP contribution in [0, 0.1) is 13.8 Å². The lowest BCUT2D eigenvalue weighted by molar-refractivity contribution is 0.0767. The summed E-state index contributed by atoms with van der Waals surface area (Å²) in [5.74, 6) is -0.334. The highest BCUT2D eigenvalue weighted by molar-refractivity contribution is 6.05. The van der Waals surface area contributed by atoms with Crippen molar-refractivity contribution in [1.82, 2.24) is 9.88 Å². The van der Waals surface area contributed by atoms with Crippen LogP contribution in [-0.4, -0.2) is 52.0 Å². The third kappa shape index (κ3) is 4.86. The maximum Gasteiger partial charge on any atom is 0.253 e. The Hall–Kier alpha value is -3.51. The fourth-order valence-electron chi connectivity index (χ4n) is 3.95. The molecule has 0 unspecified atom stereocenters. The van der Waals surface area contributed by atoms with Crippen LogP contribution in [0.15, 0.2) is 65.9 Å². The molecule has 1 aromatic heterocycles. The number of hydrogen-bond donors (Lipinski definition) is 2. The van der Waals surface area contributed by atoms with Crippen LogP contribution in [0.25, 0.3) is 11.1 Å². The number of rotatable bonds is 7. The minimum atomic E-state index is -0.169. The zero-order chi connectivity index (χ0) is 23.3. The summed E-state index contributed by atoms with van der Waals surface area (Å²) in [7, 11) is 1.65. The minimum Gasteiger partial charge on any atom is -0.411 e. The highest BCUT2D eigenvalue weighted by atomic mass is 16.4. The number of likely N-dealkylation sites (N-methyl/N-ethyl adjacent to an activating group) is 1. The summed E-state index contributed by atoms with van der Waals surface area (Å²) in [5, 5.41) is 22.5. The number of benzene rings is 2. The van der Waals surface area contributed by atoms with E-state index < -0.39 is 0 Å². The molecule has 6 heteroatoms. The molecule has 0 aliphatic carbocycles. The first-order valence-electron chi connectivity index (χ1n) is 10.6. The third-order valence-electron chi connectivity index (χ3n) is 5.78. The van der Waals surface area contributed by atoms with Crippen molar-refractivity contribution in [2.45, 2.75) is 26.7 Å². The molecule has 6 nitrogen and oxygen atoms in total. The predicted molar refractivity (Wildman–Crippen MR) is 126 cm³/mol. The van der Waals surface area contributed by atoms with Crippen LogP contribution in [0.1, 0.15) is 45.6 Å². The third-order valence-corrected chi connectivity index (χ3v) is 5.78. The van der Waals surface area contributed by atoms with Crippen molar-refractivity contribution in [2.24, 2.45) is 5.16 Å². The summed E-state index contributed by atoms with van der Waals surface area (Å²) in [6.45, 7) is 6.24. The summed E-state index contributed by atoms with van der Waals surface area (Å²) in [6, 6.07) is 17.2. The molecule has 0 radical (unpaired) electrons. The summed E-state index contributed by atoms with van der Waals surface area (Å²) in [6.07, 6.45) is 1.81. The second kappa shape index (κ2) is 10.2. The van der Waals surface area contributed by atoms with Crippen LogP contribution in [0.3, 0.4) is 0 Å². The number of amides is 1. The Bertz CT molecular complexity index is 1120. The second-order valence-corrected chi connectivity index (χ2v) is 7.94. The van der Waals surface area contributed by atoms with Gasteiger partial charge in [-0.3, -0.25) is 9.78 Å². The molecular weight excluding hydrogens is 402 g/mol. The van der Waals surface area contributed by atoms with E-state index in [-0.39, 0.29) is 25.0 Å². The molecule has 0 bridgehead atoms. The molecule has 1 amide bonds. The normalized spacial score (nSPS) is 12.5. The Balaban J connectivity index is 1.91. The van der Waals surface area contributed by atoms with Crippen LogP contribution >= 0.6 is 0 Å². The average Bonchev–Trinajstić information content (AvgIpc) is 2.79. The van der Waals surface area contributed by atoms with Crippen LogP contribution in [0.2, 0.25) is 0 Å². The van der Waals surface area contributed by atoms with Gasteiger partial charge in [0.25, 0.3) is 5.91 Å². The molecule has 0 fully saturated rings. The Morgan fingerprint density at radius 3 is 2.41 bits per heavy atom. The van der Waals surface area contributed by atoms with Gasteiger partial charge in [0.15, 0.2) is 0 Å². The molecule has 0 spiro atoms. The van der Waals surface area contributed by atoms with Crippen LogP contribution < -0.4 is 0 Å². The van der Waals surface area contributed by atoms with Gasteiger partial charge >= 0.3 is 0 Å². The molecule has 2 aromatic carbocycles.